The van der Waals surface area contributed by atoms with Gasteiger partial charge in [0.25, 0.3) is 5.91 Å². The molecule has 0 aliphatic rings. The first kappa shape index (κ1) is 17.9. The molecule has 146 valence electrons. The standard InChI is InChI=1S/C24H18N4O2/c1-15-10-11-20-21(12-15)30-24(27-20)19-14-25-28-22(19)17-8-5-9-18(13-17)26-23(29)16-6-3-2-4-7-16/h2-14H,1H3,(H,25,28)(H,26,29). The number of fused-ring (bicyclic) bond motifs is 1. The molecule has 2 heterocycles. The molecule has 0 unspecified atom stereocenters. The maximum atomic E-state index is 12.5. The zero-order valence-electron chi connectivity index (χ0n) is 16.2. The van der Waals surface area contributed by atoms with E-state index < -0.39 is 0 Å². The monoisotopic (exact) mass is 394 g/mol. The zero-order chi connectivity index (χ0) is 20.5. The molecule has 6 heteroatoms. The molecule has 2 N–H and O–H groups in total. The summed E-state index contributed by atoms with van der Waals surface area (Å²) in [5.74, 6) is 0.336. The quantitative estimate of drug-likeness (QED) is 0.425. The topological polar surface area (TPSA) is 83.8 Å². The second-order valence-electron chi connectivity index (χ2n) is 7.04. The minimum atomic E-state index is -0.163. The van der Waals surface area contributed by atoms with Crippen molar-refractivity contribution in [2.24, 2.45) is 0 Å². The summed E-state index contributed by atoms with van der Waals surface area (Å²) in [6, 6.07) is 22.6. The highest BCUT2D eigenvalue weighted by Gasteiger charge is 2.17. The number of amides is 1. The highest BCUT2D eigenvalue weighted by atomic mass is 16.3. The molecule has 1 amide bonds. The number of hydrogen-bond acceptors (Lipinski definition) is 4. The molecular weight excluding hydrogens is 376 g/mol. The van der Waals surface area contributed by atoms with Gasteiger partial charge in [0.15, 0.2) is 5.58 Å². The van der Waals surface area contributed by atoms with E-state index in [1.807, 2.05) is 67.6 Å². The van der Waals surface area contributed by atoms with Crippen molar-refractivity contribution in [1.82, 2.24) is 15.2 Å². The van der Waals surface area contributed by atoms with E-state index >= 15 is 0 Å². The molecule has 0 saturated heterocycles. The fourth-order valence-electron chi connectivity index (χ4n) is 3.36. The highest BCUT2D eigenvalue weighted by molar-refractivity contribution is 6.04. The minimum Gasteiger partial charge on any atom is -0.436 e. The van der Waals surface area contributed by atoms with Crippen molar-refractivity contribution in [2.75, 3.05) is 5.32 Å². The third-order valence-corrected chi connectivity index (χ3v) is 4.84. The van der Waals surface area contributed by atoms with E-state index in [9.17, 15) is 4.79 Å². The first-order valence-corrected chi connectivity index (χ1v) is 9.55. The number of aromatic amines is 1. The molecule has 0 aliphatic carbocycles. The normalized spacial score (nSPS) is 11.0. The van der Waals surface area contributed by atoms with Crippen LogP contribution in [0.1, 0.15) is 15.9 Å². The Morgan fingerprint density at radius 1 is 1.00 bits per heavy atom. The number of hydrogen-bond donors (Lipinski definition) is 2. The number of nitrogens with zero attached hydrogens (tertiary/aromatic N) is 2. The SMILES string of the molecule is Cc1ccc2nc(-c3c[nH]nc3-c3cccc(NC(=O)c4ccccc4)c3)oc2c1. The summed E-state index contributed by atoms with van der Waals surface area (Å²) in [6.45, 7) is 2.01. The Bertz CT molecular complexity index is 1350. The fraction of sp³-hybridized carbons (Fsp3) is 0.0417. The summed E-state index contributed by atoms with van der Waals surface area (Å²) < 4.78 is 5.97. The molecule has 0 atom stereocenters. The lowest BCUT2D eigenvalue weighted by Crippen LogP contribution is -2.11. The lowest BCUT2D eigenvalue weighted by Gasteiger charge is -2.07. The van der Waals surface area contributed by atoms with E-state index in [-0.39, 0.29) is 5.91 Å². The number of carbonyl (C=O) groups excluding carboxylic acids is 1. The van der Waals surface area contributed by atoms with E-state index in [0.29, 0.717) is 22.8 Å². The lowest BCUT2D eigenvalue weighted by atomic mass is 10.1. The van der Waals surface area contributed by atoms with Crippen LogP contribution in [0.2, 0.25) is 0 Å². The Morgan fingerprint density at radius 2 is 1.87 bits per heavy atom. The molecule has 0 saturated carbocycles. The Kier molecular flexibility index (Phi) is 4.37. The smallest absolute Gasteiger partial charge is 0.255 e. The first-order valence-electron chi connectivity index (χ1n) is 9.55. The minimum absolute atomic E-state index is 0.163. The lowest BCUT2D eigenvalue weighted by molar-refractivity contribution is 0.102. The Hall–Kier alpha value is -4.19. The van der Waals surface area contributed by atoms with Crippen LogP contribution >= 0.6 is 0 Å². The van der Waals surface area contributed by atoms with Crippen LogP contribution in [0, 0.1) is 6.92 Å². The van der Waals surface area contributed by atoms with Gasteiger partial charge in [-0.25, -0.2) is 4.98 Å². The summed E-state index contributed by atoms with van der Waals surface area (Å²) in [5, 5.41) is 10.2. The number of aromatic nitrogens is 3. The van der Waals surface area contributed by atoms with E-state index in [2.05, 4.69) is 20.5 Å². The van der Waals surface area contributed by atoms with Crippen LogP contribution in [0.3, 0.4) is 0 Å². The zero-order valence-corrected chi connectivity index (χ0v) is 16.2. The van der Waals surface area contributed by atoms with Crippen molar-refractivity contribution in [3.05, 3.63) is 90.1 Å². The van der Waals surface area contributed by atoms with Gasteiger partial charge in [0.1, 0.15) is 11.2 Å². The molecule has 3 aromatic carbocycles. The van der Waals surface area contributed by atoms with Gasteiger partial charge < -0.3 is 9.73 Å². The fourth-order valence-corrected chi connectivity index (χ4v) is 3.36. The number of rotatable bonds is 4. The average molecular weight is 394 g/mol. The van der Waals surface area contributed by atoms with Crippen molar-refractivity contribution in [2.45, 2.75) is 6.92 Å². The molecule has 5 aromatic rings. The number of oxazole rings is 1. The van der Waals surface area contributed by atoms with Crippen molar-refractivity contribution in [1.29, 1.82) is 0 Å². The second-order valence-corrected chi connectivity index (χ2v) is 7.04. The summed E-state index contributed by atoms with van der Waals surface area (Å²) in [7, 11) is 0. The summed E-state index contributed by atoms with van der Waals surface area (Å²) in [5.41, 5.74) is 6.24. The first-order chi connectivity index (χ1) is 14.7. The van der Waals surface area contributed by atoms with Crippen LogP contribution in [0.15, 0.2) is 83.4 Å². The summed E-state index contributed by atoms with van der Waals surface area (Å²) >= 11 is 0. The third-order valence-electron chi connectivity index (χ3n) is 4.84. The molecule has 0 fully saturated rings. The molecular formula is C24H18N4O2. The number of H-pyrrole nitrogens is 1. The summed E-state index contributed by atoms with van der Waals surface area (Å²) in [6.07, 6.45) is 1.77. The molecule has 5 rings (SSSR count). The molecule has 0 bridgehead atoms. The number of nitrogens with one attached hydrogen (secondary N) is 2. The maximum Gasteiger partial charge on any atom is 0.255 e. The van der Waals surface area contributed by atoms with Crippen molar-refractivity contribution < 1.29 is 9.21 Å². The molecule has 2 aromatic heterocycles. The molecule has 0 spiro atoms. The van der Waals surface area contributed by atoms with Gasteiger partial charge >= 0.3 is 0 Å². The van der Waals surface area contributed by atoms with Crippen molar-refractivity contribution in [3.8, 4) is 22.7 Å². The van der Waals surface area contributed by atoms with Gasteiger partial charge in [-0.3, -0.25) is 9.89 Å². The largest absolute Gasteiger partial charge is 0.436 e. The van der Waals surface area contributed by atoms with Gasteiger partial charge in [0, 0.05) is 23.0 Å². The van der Waals surface area contributed by atoms with Crippen LogP contribution < -0.4 is 5.32 Å². The Balaban J connectivity index is 1.48. The van der Waals surface area contributed by atoms with Crippen molar-refractivity contribution >= 4 is 22.7 Å². The molecule has 0 radical (unpaired) electrons. The van der Waals surface area contributed by atoms with E-state index in [4.69, 9.17) is 4.42 Å². The van der Waals surface area contributed by atoms with Gasteiger partial charge in [0.05, 0.1) is 5.56 Å². The van der Waals surface area contributed by atoms with Gasteiger partial charge in [0.2, 0.25) is 5.89 Å². The van der Waals surface area contributed by atoms with Crippen LogP contribution in [-0.4, -0.2) is 21.1 Å². The predicted molar refractivity (Wildman–Crippen MR) is 116 cm³/mol. The van der Waals surface area contributed by atoms with Gasteiger partial charge in [-0.2, -0.15) is 5.10 Å². The number of anilines is 1. The second kappa shape index (κ2) is 7.33. The number of aryl methyl sites for hydroxylation is 1. The third kappa shape index (κ3) is 3.35. The molecule has 6 nitrogen and oxygen atoms in total. The predicted octanol–water partition coefficient (Wildman–Crippen LogP) is 5.45. The van der Waals surface area contributed by atoms with E-state index in [1.165, 1.54) is 0 Å². The number of benzene rings is 3. The Morgan fingerprint density at radius 3 is 2.73 bits per heavy atom. The summed E-state index contributed by atoms with van der Waals surface area (Å²) in [4.78, 5) is 17.1. The van der Waals surface area contributed by atoms with Crippen LogP contribution in [0.4, 0.5) is 5.69 Å². The molecule has 30 heavy (non-hydrogen) atoms. The average Bonchev–Trinajstić information content (AvgIpc) is 3.41. The van der Waals surface area contributed by atoms with Crippen LogP contribution in [0.25, 0.3) is 33.8 Å². The molecule has 0 aliphatic heterocycles. The van der Waals surface area contributed by atoms with E-state index in [1.54, 1.807) is 18.3 Å². The Labute approximate surface area is 172 Å². The highest BCUT2D eigenvalue weighted by Crippen LogP contribution is 2.33. The van der Waals surface area contributed by atoms with Gasteiger partial charge in [-0.05, 0) is 48.9 Å². The maximum absolute atomic E-state index is 12.5. The van der Waals surface area contributed by atoms with Crippen LogP contribution in [0.5, 0.6) is 0 Å². The van der Waals surface area contributed by atoms with E-state index in [0.717, 1.165) is 27.8 Å². The van der Waals surface area contributed by atoms with Gasteiger partial charge in [-0.1, -0.05) is 36.4 Å². The number of carbonyl (C=O) groups is 1. The van der Waals surface area contributed by atoms with Crippen molar-refractivity contribution in [3.63, 3.8) is 0 Å². The van der Waals surface area contributed by atoms with Crippen LogP contribution in [-0.2, 0) is 0 Å². The van der Waals surface area contributed by atoms with Gasteiger partial charge in [-0.15, -0.1) is 0 Å².